The number of fused-ring (bicyclic) bond motifs is 1. The minimum Gasteiger partial charge on any atom is -0.337 e. The van der Waals surface area contributed by atoms with E-state index in [1.54, 1.807) is 0 Å². The Morgan fingerprint density at radius 3 is 2.79 bits per heavy atom. The number of likely N-dealkylation sites (N-methyl/N-ethyl adjacent to an activating group) is 1. The van der Waals surface area contributed by atoms with Gasteiger partial charge in [0.25, 0.3) is 0 Å². The van der Waals surface area contributed by atoms with Gasteiger partial charge < -0.3 is 10.2 Å². The topological polar surface area (TPSA) is 35.6 Å². The molecule has 1 saturated heterocycles. The second kappa shape index (κ2) is 5.31. The highest BCUT2D eigenvalue weighted by atomic mass is 16.2. The minimum atomic E-state index is 0.254. The van der Waals surface area contributed by atoms with Gasteiger partial charge in [0.15, 0.2) is 0 Å². The van der Waals surface area contributed by atoms with Gasteiger partial charge in [0.2, 0.25) is 5.91 Å². The Hall–Kier alpha value is -1.39. The molecule has 1 aromatic rings. The summed E-state index contributed by atoms with van der Waals surface area (Å²) in [6, 6.07) is 8.96. The van der Waals surface area contributed by atoms with Crippen LogP contribution in [-0.4, -0.2) is 55.0 Å². The normalized spacial score (nSPS) is 19.2. The molecular formula is C15H21N3O. The second-order valence-electron chi connectivity index (χ2n) is 5.56. The van der Waals surface area contributed by atoms with E-state index in [1.165, 1.54) is 11.1 Å². The molecule has 1 amide bonds. The fraction of sp³-hybridized carbons (Fsp3) is 0.533. The van der Waals surface area contributed by atoms with Crippen LogP contribution in [-0.2, 0) is 17.8 Å². The number of nitrogens with one attached hydrogen (secondary N) is 1. The van der Waals surface area contributed by atoms with Crippen LogP contribution < -0.4 is 5.32 Å². The van der Waals surface area contributed by atoms with Gasteiger partial charge in [0, 0.05) is 32.2 Å². The molecular weight excluding hydrogens is 238 g/mol. The molecule has 0 atom stereocenters. The molecule has 0 aromatic heterocycles. The predicted molar refractivity (Wildman–Crippen MR) is 74.9 cm³/mol. The first kappa shape index (κ1) is 12.6. The van der Waals surface area contributed by atoms with E-state index in [-0.39, 0.29) is 5.91 Å². The van der Waals surface area contributed by atoms with Crippen LogP contribution in [0.25, 0.3) is 0 Å². The van der Waals surface area contributed by atoms with Crippen LogP contribution >= 0.6 is 0 Å². The fourth-order valence-corrected chi connectivity index (χ4v) is 2.74. The summed E-state index contributed by atoms with van der Waals surface area (Å²) in [7, 11) is 2.04. The lowest BCUT2D eigenvalue weighted by molar-refractivity contribution is -0.133. The molecule has 1 fully saturated rings. The lowest BCUT2D eigenvalue weighted by Crippen LogP contribution is -2.57. The Kier molecular flexibility index (Phi) is 3.53. The Morgan fingerprint density at radius 1 is 1.37 bits per heavy atom. The molecule has 0 saturated carbocycles. The molecule has 1 N–H and O–H groups in total. The van der Waals surface area contributed by atoms with E-state index in [1.807, 2.05) is 11.9 Å². The third-order valence-electron chi connectivity index (χ3n) is 4.25. The summed E-state index contributed by atoms with van der Waals surface area (Å²) in [6.07, 6.45) is 0.983. The fourth-order valence-electron chi connectivity index (χ4n) is 2.74. The molecule has 4 nitrogen and oxygen atoms in total. The van der Waals surface area contributed by atoms with Crippen molar-refractivity contribution in [3.05, 3.63) is 35.4 Å². The molecule has 4 heteroatoms. The molecule has 102 valence electrons. The number of rotatable bonds is 3. The standard InChI is InChI=1S/C15H21N3O/c1-17(14-8-16-9-14)11-15(19)18-7-6-12-4-2-3-5-13(12)10-18/h2-5,14,16H,6-11H2,1H3. The van der Waals surface area contributed by atoms with Crippen LogP contribution in [0, 0.1) is 0 Å². The molecule has 2 heterocycles. The van der Waals surface area contributed by atoms with Crippen molar-refractivity contribution in [2.45, 2.75) is 19.0 Å². The maximum Gasteiger partial charge on any atom is 0.237 e. The van der Waals surface area contributed by atoms with Crippen LogP contribution in [0.5, 0.6) is 0 Å². The van der Waals surface area contributed by atoms with Crippen LogP contribution in [0.3, 0.4) is 0 Å². The first-order valence-corrected chi connectivity index (χ1v) is 6.99. The molecule has 0 unspecified atom stereocenters. The van der Waals surface area contributed by atoms with Gasteiger partial charge in [-0.05, 0) is 24.6 Å². The Labute approximate surface area is 114 Å². The molecule has 0 bridgehead atoms. The van der Waals surface area contributed by atoms with Crippen LogP contribution in [0.4, 0.5) is 0 Å². The number of hydrogen-bond acceptors (Lipinski definition) is 3. The summed E-state index contributed by atoms with van der Waals surface area (Å²) in [4.78, 5) is 16.5. The van der Waals surface area contributed by atoms with Gasteiger partial charge in [-0.2, -0.15) is 0 Å². The second-order valence-corrected chi connectivity index (χ2v) is 5.56. The van der Waals surface area contributed by atoms with E-state index in [0.717, 1.165) is 32.6 Å². The number of hydrogen-bond donors (Lipinski definition) is 1. The molecule has 0 aliphatic carbocycles. The lowest BCUT2D eigenvalue weighted by Gasteiger charge is -2.37. The first-order chi connectivity index (χ1) is 9.24. The molecule has 3 rings (SSSR count). The highest BCUT2D eigenvalue weighted by molar-refractivity contribution is 5.78. The number of carbonyl (C=O) groups excluding carboxylic acids is 1. The maximum absolute atomic E-state index is 12.3. The van der Waals surface area contributed by atoms with Crippen LogP contribution in [0.15, 0.2) is 24.3 Å². The Bertz CT molecular complexity index is 470. The van der Waals surface area contributed by atoms with Gasteiger partial charge in [0.05, 0.1) is 6.54 Å². The van der Waals surface area contributed by atoms with E-state index in [0.29, 0.717) is 12.6 Å². The average Bonchev–Trinajstić information content (AvgIpc) is 2.36. The zero-order valence-corrected chi connectivity index (χ0v) is 11.4. The smallest absolute Gasteiger partial charge is 0.237 e. The summed E-state index contributed by atoms with van der Waals surface area (Å²) in [5.41, 5.74) is 2.69. The maximum atomic E-state index is 12.3. The Morgan fingerprint density at radius 2 is 2.11 bits per heavy atom. The third kappa shape index (κ3) is 2.65. The van der Waals surface area contributed by atoms with Gasteiger partial charge in [-0.1, -0.05) is 24.3 Å². The van der Waals surface area contributed by atoms with Crippen molar-refractivity contribution in [3.8, 4) is 0 Å². The van der Waals surface area contributed by atoms with Gasteiger partial charge in [-0.3, -0.25) is 9.69 Å². The predicted octanol–water partition coefficient (Wildman–Crippen LogP) is 0.475. The van der Waals surface area contributed by atoms with Crippen molar-refractivity contribution in [3.63, 3.8) is 0 Å². The summed E-state index contributed by atoms with van der Waals surface area (Å²) >= 11 is 0. The van der Waals surface area contributed by atoms with Crippen molar-refractivity contribution < 1.29 is 4.79 Å². The number of carbonyl (C=O) groups is 1. The zero-order valence-electron chi connectivity index (χ0n) is 11.4. The monoisotopic (exact) mass is 259 g/mol. The van der Waals surface area contributed by atoms with Crippen molar-refractivity contribution >= 4 is 5.91 Å². The SMILES string of the molecule is CN(CC(=O)N1CCc2ccccc2C1)C1CNC1. The molecule has 1 aromatic carbocycles. The minimum absolute atomic E-state index is 0.254. The quantitative estimate of drug-likeness (QED) is 0.857. The lowest BCUT2D eigenvalue weighted by atomic mass is 10.00. The third-order valence-corrected chi connectivity index (χ3v) is 4.25. The van der Waals surface area contributed by atoms with Crippen LogP contribution in [0.1, 0.15) is 11.1 Å². The molecule has 0 spiro atoms. The largest absolute Gasteiger partial charge is 0.337 e. The van der Waals surface area contributed by atoms with Crippen LogP contribution in [0.2, 0.25) is 0 Å². The van der Waals surface area contributed by atoms with Crippen molar-refractivity contribution in [1.82, 2.24) is 15.1 Å². The average molecular weight is 259 g/mol. The van der Waals surface area contributed by atoms with E-state index in [4.69, 9.17) is 0 Å². The zero-order chi connectivity index (χ0) is 13.2. The molecule has 2 aliphatic heterocycles. The van der Waals surface area contributed by atoms with E-state index in [9.17, 15) is 4.79 Å². The van der Waals surface area contributed by atoms with E-state index >= 15 is 0 Å². The number of nitrogens with zero attached hydrogens (tertiary/aromatic N) is 2. The van der Waals surface area contributed by atoms with E-state index in [2.05, 4.69) is 34.5 Å². The van der Waals surface area contributed by atoms with Gasteiger partial charge in [0.1, 0.15) is 0 Å². The number of benzene rings is 1. The summed E-state index contributed by atoms with van der Waals surface area (Å²) in [5, 5.41) is 3.24. The van der Waals surface area contributed by atoms with Gasteiger partial charge in [-0.15, -0.1) is 0 Å². The highest BCUT2D eigenvalue weighted by Crippen LogP contribution is 2.18. The summed E-state index contributed by atoms with van der Waals surface area (Å²) in [6.45, 7) is 4.17. The summed E-state index contributed by atoms with van der Waals surface area (Å²) in [5.74, 6) is 0.254. The molecule has 0 radical (unpaired) electrons. The van der Waals surface area contributed by atoms with Gasteiger partial charge >= 0.3 is 0 Å². The first-order valence-electron chi connectivity index (χ1n) is 6.99. The van der Waals surface area contributed by atoms with Crippen molar-refractivity contribution in [2.75, 3.05) is 33.2 Å². The molecule has 2 aliphatic rings. The molecule has 19 heavy (non-hydrogen) atoms. The van der Waals surface area contributed by atoms with Crippen molar-refractivity contribution in [1.29, 1.82) is 0 Å². The van der Waals surface area contributed by atoms with Gasteiger partial charge in [-0.25, -0.2) is 0 Å². The number of amides is 1. The van der Waals surface area contributed by atoms with Crippen molar-refractivity contribution in [2.24, 2.45) is 0 Å². The highest BCUT2D eigenvalue weighted by Gasteiger charge is 2.26. The Balaban J connectivity index is 1.59. The summed E-state index contributed by atoms with van der Waals surface area (Å²) < 4.78 is 0. The van der Waals surface area contributed by atoms with E-state index < -0.39 is 0 Å².